The van der Waals surface area contributed by atoms with Gasteiger partial charge in [0.1, 0.15) is 0 Å². The Morgan fingerprint density at radius 2 is 0.982 bits per heavy atom. The molecule has 256 valence electrons. The van der Waals surface area contributed by atoms with Crippen LogP contribution >= 0.6 is 0 Å². The first-order chi connectivity index (χ1) is 27.3. The number of nitrogens with zero attached hydrogens (tertiary/aromatic N) is 3. The number of hydrogen-bond donors (Lipinski definition) is 0. The zero-order valence-corrected chi connectivity index (χ0v) is 29.9. The van der Waals surface area contributed by atoms with Crippen molar-refractivity contribution in [2.45, 2.75) is 0 Å². The fourth-order valence-corrected chi connectivity index (χ4v) is 8.47. The molecule has 11 aromatic rings. The van der Waals surface area contributed by atoms with E-state index in [9.17, 15) is 0 Å². The Morgan fingerprint density at radius 1 is 0.345 bits per heavy atom. The summed E-state index contributed by atoms with van der Waals surface area (Å²) in [6, 6.07) is 71.5. The second-order valence-electron chi connectivity index (χ2n) is 14.1. The summed E-state index contributed by atoms with van der Waals surface area (Å²) in [7, 11) is 0. The summed E-state index contributed by atoms with van der Waals surface area (Å²) >= 11 is 0. The van der Waals surface area contributed by atoms with Crippen LogP contribution in [-0.2, 0) is 0 Å². The van der Waals surface area contributed by atoms with Crippen LogP contribution in [0.1, 0.15) is 0 Å². The molecule has 2 heterocycles. The number of benzene rings is 9. The third kappa shape index (κ3) is 5.13. The Kier molecular flexibility index (Phi) is 7.17. The van der Waals surface area contributed by atoms with Crippen molar-refractivity contribution in [2.75, 3.05) is 0 Å². The summed E-state index contributed by atoms with van der Waals surface area (Å²) in [5.41, 5.74) is 10.9. The zero-order chi connectivity index (χ0) is 36.3. The van der Waals surface area contributed by atoms with Crippen molar-refractivity contribution in [2.24, 2.45) is 0 Å². The first-order valence-corrected chi connectivity index (χ1v) is 18.7. The van der Waals surface area contributed by atoms with Crippen LogP contribution in [0.4, 0.5) is 0 Å². The van der Waals surface area contributed by atoms with Gasteiger partial charge in [-0.25, -0.2) is 9.97 Å². The summed E-state index contributed by atoms with van der Waals surface area (Å²) in [5.74, 6) is 0.706. The van der Waals surface area contributed by atoms with Gasteiger partial charge >= 0.3 is 0 Å². The van der Waals surface area contributed by atoms with Crippen LogP contribution in [0.3, 0.4) is 0 Å². The number of fused-ring (bicyclic) bond motifs is 7. The second kappa shape index (κ2) is 12.6. The molecule has 9 aromatic carbocycles. The predicted octanol–water partition coefficient (Wildman–Crippen LogP) is 13.7. The Balaban J connectivity index is 1.10. The first-order valence-electron chi connectivity index (χ1n) is 18.7. The molecule has 0 aliphatic carbocycles. The Hall–Kier alpha value is -7.36. The van der Waals surface area contributed by atoms with Gasteiger partial charge in [-0.1, -0.05) is 164 Å². The Morgan fingerprint density at radius 3 is 1.80 bits per heavy atom. The molecule has 0 radical (unpaired) electrons. The van der Waals surface area contributed by atoms with Crippen molar-refractivity contribution in [3.63, 3.8) is 0 Å². The van der Waals surface area contributed by atoms with Crippen molar-refractivity contribution in [3.05, 3.63) is 200 Å². The van der Waals surface area contributed by atoms with Crippen LogP contribution in [0.25, 0.3) is 105 Å². The van der Waals surface area contributed by atoms with Gasteiger partial charge in [-0.2, -0.15) is 0 Å². The maximum Gasteiger partial charge on any atom is 0.160 e. The standard InChI is InChI=1S/C52H33N3/c1-3-15-37(16-4-1)52-53-46(33-47(54-52)50-42-21-10-8-17-38(42)32-45-40-20-9-7-14-34(40)30-31-43(45)50)36-28-26-35(27-29-36)41-23-13-25-49-51(41)44-22-11-12-24-48(44)55(49)39-18-5-2-6-19-39/h1-33H. The molecular weight excluding hydrogens is 667 g/mol. The molecule has 0 aliphatic heterocycles. The lowest BCUT2D eigenvalue weighted by Gasteiger charge is -2.15. The lowest BCUT2D eigenvalue weighted by Crippen LogP contribution is -1.97. The molecule has 0 spiro atoms. The summed E-state index contributed by atoms with van der Waals surface area (Å²) in [4.78, 5) is 10.5. The van der Waals surface area contributed by atoms with Gasteiger partial charge < -0.3 is 4.57 Å². The highest BCUT2D eigenvalue weighted by atomic mass is 15.0. The van der Waals surface area contributed by atoms with Gasteiger partial charge in [0, 0.05) is 33.2 Å². The zero-order valence-electron chi connectivity index (χ0n) is 29.9. The molecule has 0 N–H and O–H groups in total. The fourth-order valence-electron chi connectivity index (χ4n) is 8.47. The van der Waals surface area contributed by atoms with Crippen LogP contribution in [-0.4, -0.2) is 14.5 Å². The van der Waals surface area contributed by atoms with E-state index < -0.39 is 0 Å². The van der Waals surface area contributed by atoms with E-state index in [0.717, 1.165) is 39.3 Å². The average molecular weight is 700 g/mol. The monoisotopic (exact) mass is 699 g/mol. The van der Waals surface area contributed by atoms with Crippen molar-refractivity contribution in [1.29, 1.82) is 0 Å². The van der Waals surface area contributed by atoms with E-state index in [-0.39, 0.29) is 0 Å². The molecule has 0 fully saturated rings. The molecule has 3 nitrogen and oxygen atoms in total. The molecule has 3 heteroatoms. The molecule has 0 unspecified atom stereocenters. The number of aromatic nitrogens is 3. The molecule has 0 aliphatic rings. The third-order valence-electron chi connectivity index (χ3n) is 11.0. The Labute approximate surface area is 318 Å². The Bertz CT molecular complexity index is 3230. The number of rotatable bonds is 5. The van der Waals surface area contributed by atoms with E-state index in [0.29, 0.717) is 5.82 Å². The quantitative estimate of drug-likeness (QED) is 0.132. The predicted molar refractivity (Wildman–Crippen MR) is 231 cm³/mol. The minimum Gasteiger partial charge on any atom is -0.309 e. The highest BCUT2D eigenvalue weighted by molar-refractivity contribution is 6.20. The van der Waals surface area contributed by atoms with Crippen LogP contribution in [0.2, 0.25) is 0 Å². The van der Waals surface area contributed by atoms with Gasteiger partial charge in [-0.3, -0.25) is 0 Å². The molecule has 2 aromatic heterocycles. The first kappa shape index (κ1) is 31.2. The minimum atomic E-state index is 0.706. The van der Waals surface area contributed by atoms with E-state index in [1.54, 1.807) is 0 Å². The fraction of sp³-hybridized carbons (Fsp3) is 0. The van der Waals surface area contributed by atoms with Crippen molar-refractivity contribution in [1.82, 2.24) is 14.5 Å². The van der Waals surface area contributed by atoms with Crippen molar-refractivity contribution < 1.29 is 0 Å². The molecule has 55 heavy (non-hydrogen) atoms. The molecule has 11 rings (SSSR count). The van der Waals surface area contributed by atoms with Gasteiger partial charge in [0.05, 0.1) is 22.4 Å². The second-order valence-corrected chi connectivity index (χ2v) is 14.1. The van der Waals surface area contributed by atoms with E-state index in [1.165, 1.54) is 59.7 Å². The van der Waals surface area contributed by atoms with Gasteiger partial charge in [0.2, 0.25) is 0 Å². The summed E-state index contributed by atoms with van der Waals surface area (Å²) in [5, 5.41) is 9.72. The lowest BCUT2D eigenvalue weighted by atomic mass is 9.91. The molecule has 0 saturated heterocycles. The third-order valence-corrected chi connectivity index (χ3v) is 11.0. The van der Waals surface area contributed by atoms with Crippen molar-refractivity contribution in [3.8, 4) is 50.7 Å². The number of hydrogen-bond acceptors (Lipinski definition) is 2. The smallest absolute Gasteiger partial charge is 0.160 e. The average Bonchev–Trinajstić information content (AvgIpc) is 3.61. The largest absolute Gasteiger partial charge is 0.309 e. The molecule has 0 saturated carbocycles. The number of para-hydroxylation sites is 2. The molecular formula is C52H33N3. The maximum atomic E-state index is 5.32. The molecule has 0 atom stereocenters. The lowest BCUT2D eigenvalue weighted by molar-refractivity contribution is 1.18. The normalized spacial score (nSPS) is 11.6. The summed E-state index contributed by atoms with van der Waals surface area (Å²) < 4.78 is 2.37. The SMILES string of the molecule is c1ccc(-c2nc(-c3ccc(-c4cccc5c4c4ccccc4n5-c4ccccc4)cc3)cc(-c3c4ccccc4cc4c3ccc3ccccc34)n2)cc1. The highest BCUT2D eigenvalue weighted by Gasteiger charge is 2.19. The van der Waals surface area contributed by atoms with E-state index in [1.807, 2.05) is 6.07 Å². The van der Waals surface area contributed by atoms with Gasteiger partial charge in [0.25, 0.3) is 0 Å². The molecule has 0 amide bonds. The van der Waals surface area contributed by atoms with Gasteiger partial charge in [-0.05, 0) is 79.8 Å². The topological polar surface area (TPSA) is 30.7 Å². The molecule has 0 bridgehead atoms. The highest BCUT2D eigenvalue weighted by Crippen LogP contribution is 2.42. The summed E-state index contributed by atoms with van der Waals surface area (Å²) in [6.07, 6.45) is 0. The van der Waals surface area contributed by atoms with Crippen molar-refractivity contribution >= 4 is 54.1 Å². The van der Waals surface area contributed by atoms with Crippen LogP contribution in [0.5, 0.6) is 0 Å². The van der Waals surface area contributed by atoms with E-state index >= 15 is 0 Å². The van der Waals surface area contributed by atoms with Gasteiger partial charge in [-0.15, -0.1) is 0 Å². The maximum absolute atomic E-state index is 5.32. The summed E-state index contributed by atoms with van der Waals surface area (Å²) in [6.45, 7) is 0. The minimum absolute atomic E-state index is 0.706. The van der Waals surface area contributed by atoms with E-state index in [2.05, 4.69) is 199 Å². The van der Waals surface area contributed by atoms with Crippen LogP contribution in [0, 0.1) is 0 Å². The van der Waals surface area contributed by atoms with Crippen LogP contribution in [0.15, 0.2) is 200 Å². The van der Waals surface area contributed by atoms with Gasteiger partial charge in [0.15, 0.2) is 5.82 Å². The van der Waals surface area contributed by atoms with Crippen LogP contribution < -0.4 is 0 Å². The van der Waals surface area contributed by atoms with E-state index in [4.69, 9.17) is 9.97 Å².